The lowest BCUT2D eigenvalue weighted by atomic mass is 10.1. The normalized spacial score (nSPS) is 12.8. The summed E-state index contributed by atoms with van der Waals surface area (Å²) in [7, 11) is 0. The van der Waals surface area contributed by atoms with Gasteiger partial charge in [-0.25, -0.2) is 4.79 Å². The number of hydrogen-bond acceptors (Lipinski definition) is 2. The van der Waals surface area contributed by atoms with E-state index < -0.39 is 11.9 Å². The third kappa shape index (κ3) is 1.49. The largest absolute Gasteiger partial charge is 0.481 e. The van der Waals surface area contributed by atoms with Gasteiger partial charge in [-0.3, -0.25) is 4.79 Å². The quantitative estimate of drug-likeness (QED) is 0.558. The van der Waals surface area contributed by atoms with Gasteiger partial charge in [0.2, 0.25) is 0 Å². The van der Waals surface area contributed by atoms with E-state index in [2.05, 4.69) is 9.97 Å². The number of aromatic nitrogens is 2. The molecule has 0 aromatic carbocycles. The maximum absolute atomic E-state index is 10.5. The van der Waals surface area contributed by atoms with E-state index in [0.717, 1.165) is 0 Å². The predicted octanol–water partition coefficient (Wildman–Crippen LogP) is -0.109. The van der Waals surface area contributed by atoms with Crippen molar-refractivity contribution in [3.05, 3.63) is 22.4 Å². The molecule has 0 aliphatic rings. The molecule has 5 nitrogen and oxygen atoms in total. The van der Waals surface area contributed by atoms with Gasteiger partial charge in [-0.05, 0) is 6.92 Å². The summed E-state index contributed by atoms with van der Waals surface area (Å²) in [6, 6.07) is 0. The zero-order chi connectivity index (χ0) is 8.43. The van der Waals surface area contributed by atoms with Crippen LogP contribution in [0.15, 0.2) is 11.0 Å². The number of hydrogen-bond donors (Lipinski definition) is 3. The molecule has 0 amide bonds. The van der Waals surface area contributed by atoms with E-state index in [4.69, 9.17) is 5.11 Å². The van der Waals surface area contributed by atoms with Crippen molar-refractivity contribution < 1.29 is 9.90 Å². The molecule has 0 aliphatic heterocycles. The van der Waals surface area contributed by atoms with Crippen molar-refractivity contribution in [2.24, 2.45) is 0 Å². The molecule has 0 radical (unpaired) electrons. The van der Waals surface area contributed by atoms with Crippen LogP contribution in [0.2, 0.25) is 0 Å². The summed E-state index contributed by atoms with van der Waals surface area (Å²) in [6.07, 6.45) is 1.36. The maximum atomic E-state index is 10.5. The van der Waals surface area contributed by atoms with Crippen molar-refractivity contribution in [1.82, 2.24) is 9.97 Å². The molecule has 5 heteroatoms. The highest BCUT2D eigenvalue weighted by atomic mass is 16.4. The summed E-state index contributed by atoms with van der Waals surface area (Å²) in [4.78, 5) is 25.6. The van der Waals surface area contributed by atoms with Crippen molar-refractivity contribution in [3.8, 4) is 0 Å². The molecule has 1 heterocycles. The van der Waals surface area contributed by atoms with E-state index >= 15 is 0 Å². The van der Waals surface area contributed by atoms with Crippen molar-refractivity contribution in [2.75, 3.05) is 0 Å². The van der Waals surface area contributed by atoms with Crippen LogP contribution in [0.1, 0.15) is 18.5 Å². The van der Waals surface area contributed by atoms with Gasteiger partial charge in [-0.15, -0.1) is 0 Å². The number of nitrogens with one attached hydrogen (secondary N) is 2. The van der Waals surface area contributed by atoms with Crippen LogP contribution in [-0.4, -0.2) is 21.0 Å². The van der Waals surface area contributed by atoms with Gasteiger partial charge in [-0.2, -0.15) is 0 Å². The second-order valence-electron chi connectivity index (χ2n) is 2.26. The molecule has 0 spiro atoms. The first-order valence-electron chi connectivity index (χ1n) is 3.11. The fourth-order valence-electron chi connectivity index (χ4n) is 0.713. The Morgan fingerprint density at radius 1 is 1.73 bits per heavy atom. The van der Waals surface area contributed by atoms with Gasteiger partial charge < -0.3 is 15.1 Å². The molecule has 0 aliphatic carbocycles. The summed E-state index contributed by atoms with van der Waals surface area (Å²) >= 11 is 0. The third-order valence-electron chi connectivity index (χ3n) is 1.45. The number of aromatic amines is 2. The number of rotatable bonds is 2. The number of carboxylic acids is 1. The molecule has 0 fully saturated rings. The van der Waals surface area contributed by atoms with Gasteiger partial charge in [0.25, 0.3) is 0 Å². The second-order valence-corrected chi connectivity index (χ2v) is 2.26. The second kappa shape index (κ2) is 2.61. The van der Waals surface area contributed by atoms with Gasteiger partial charge >= 0.3 is 11.7 Å². The van der Waals surface area contributed by atoms with E-state index in [-0.39, 0.29) is 5.69 Å². The van der Waals surface area contributed by atoms with Crippen LogP contribution in [-0.2, 0) is 4.79 Å². The van der Waals surface area contributed by atoms with E-state index in [9.17, 15) is 9.59 Å². The summed E-state index contributed by atoms with van der Waals surface area (Å²) in [5, 5.41) is 8.51. The number of aliphatic carboxylic acids is 1. The van der Waals surface area contributed by atoms with Crippen molar-refractivity contribution in [1.29, 1.82) is 0 Å². The average molecular weight is 156 g/mol. The Morgan fingerprint density at radius 2 is 2.36 bits per heavy atom. The Hall–Kier alpha value is -1.52. The minimum Gasteiger partial charge on any atom is -0.481 e. The van der Waals surface area contributed by atoms with Crippen LogP contribution in [0.3, 0.4) is 0 Å². The summed E-state index contributed by atoms with van der Waals surface area (Å²) in [5.74, 6) is -1.63. The lowest BCUT2D eigenvalue weighted by molar-refractivity contribution is -0.138. The van der Waals surface area contributed by atoms with Gasteiger partial charge in [0, 0.05) is 11.9 Å². The van der Waals surface area contributed by atoms with Crippen LogP contribution in [0.25, 0.3) is 0 Å². The van der Waals surface area contributed by atoms with Gasteiger partial charge in [0.1, 0.15) is 0 Å². The van der Waals surface area contributed by atoms with E-state index in [1.807, 2.05) is 0 Å². The molecule has 60 valence electrons. The van der Waals surface area contributed by atoms with Crippen LogP contribution in [0.4, 0.5) is 0 Å². The average Bonchev–Trinajstić information content (AvgIpc) is 2.34. The molecule has 1 atom stereocenters. The Balaban J connectivity index is 2.93. The predicted molar refractivity (Wildman–Crippen MR) is 37.5 cm³/mol. The maximum Gasteiger partial charge on any atom is 0.323 e. The molecule has 0 saturated carbocycles. The van der Waals surface area contributed by atoms with E-state index in [1.165, 1.54) is 13.1 Å². The monoisotopic (exact) mass is 156 g/mol. The molecule has 3 N–H and O–H groups in total. The minimum atomic E-state index is -0.958. The zero-order valence-corrected chi connectivity index (χ0v) is 5.92. The SMILES string of the molecule is C[C@H](C(=O)O)c1c[nH]c(=O)[nH]1. The first-order chi connectivity index (χ1) is 5.11. The molecule has 0 saturated heterocycles. The van der Waals surface area contributed by atoms with E-state index in [0.29, 0.717) is 5.69 Å². The third-order valence-corrected chi connectivity index (χ3v) is 1.45. The summed E-state index contributed by atoms with van der Waals surface area (Å²) < 4.78 is 0. The highest BCUT2D eigenvalue weighted by molar-refractivity contribution is 5.74. The van der Waals surface area contributed by atoms with Crippen molar-refractivity contribution in [3.63, 3.8) is 0 Å². The molecular formula is C6H8N2O3. The highest BCUT2D eigenvalue weighted by Crippen LogP contribution is 2.08. The molecule has 0 unspecified atom stereocenters. The Kier molecular flexibility index (Phi) is 1.80. The fraction of sp³-hybridized carbons (Fsp3) is 0.333. The van der Waals surface area contributed by atoms with Crippen LogP contribution in [0.5, 0.6) is 0 Å². The van der Waals surface area contributed by atoms with Gasteiger partial charge in [0.15, 0.2) is 0 Å². The number of imidazole rings is 1. The van der Waals surface area contributed by atoms with Crippen LogP contribution in [0, 0.1) is 0 Å². The Labute approximate surface area is 62.1 Å². The first-order valence-corrected chi connectivity index (χ1v) is 3.11. The van der Waals surface area contributed by atoms with Gasteiger partial charge in [0.05, 0.1) is 5.92 Å². The standard InChI is InChI=1S/C6H8N2O3/c1-3(5(9)10)4-2-7-6(11)8-4/h2-3H,1H3,(H,9,10)(H2,7,8,11)/t3-/m0/s1. The number of carboxylic acid groups (broad SMARTS) is 1. The first kappa shape index (κ1) is 7.59. The lowest BCUT2D eigenvalue weighted by Gasteiger charge is -1.99. The molecular weight excluding hydrogens is 148 g/mol. The van der Waals surface area contributed by atoms with E-state index in [1.54, 1.807) is 0 Å². The lowest BCUT2D eigenvalue weighted by Crippen LogP contribution is -2.09. The van der Waals surface area contributed by atoms with Crippen LogP contribution >= 0.6 is 0 Å². The fourth-order valence-corrected chi connectivity index (χ4v) is 0.713. The Bertz CT molecular complexity index is 312. The van der Waals surface area contributed by atoms with Crippen LogP contribution < -0.4 is 5.69 Å². The molecule has 1 rings (SSSR count). The summed E-state index contributed by atoms with van der Waals surface area (Å²) in [6.45, 7) is 1.50. The van der Waals surface area contributed by atoms with Gasteiger partial charge in [-0.1, -0.05) is 0 Å². The summed E-state index contributed by atoms with van der Waals surface area (Å²) in [5.41, 5.74) is 0.00981. The van der Waals surface area contributed by atoms with Crippen molar-refractivity contribution >= 4 is 5.97 Å². The van der Waals surface area contributed by atoms with Crippen molar-refractivity contribution in [2.45, 2.75) is 12.8 Å². The minimum absolute atomic E-state index is 0.381. The Morgan fingerprint density at radius 3 is 2.73 bits per heavy atom. The zero-order valence-electron chi connectivity index (χ0n) is 5.92. The highest BCUT2D eigenvalue weighted by Gasteiger charge is 2.14. The molecule has 11 heavy (non-hydrogen) atoms. The molecule has 1 aromatic rings. The number of carbonyl (C=O) groups is 1. The molecule has 1 aromatic heterocycles. The molecule has 0 bridgehead atoms. The topological polar surface area (TPSA) is 85.9 Å². The number of H-pyrrole nitrogens is 2. The smallest absolute Gasteiger partial charge is 0.323 e.